The molecule has 0 aliphatic carbocycles. The van der Waals surface area contributed by atoms with E-state index < -0.39 is 0 Å². The molecule has 0 unspecified atom stereocenters. The van der Waals surface area contributed by atoms with Gasteiger partial charge in [0, 0.05) is 46.3 Å². The van der Waals surface area contributed by atoms with Crippen molar-refractivity contribution in [3.8, 4) is 5.75 Å². The Hall–Kier alpha value is -4.19. The average molecular weight is 453 g/mol. The molecule has 3 N–H and O–H groups in total. The predicted octanol–water partition coefficient (Wildman–Crippen LogP) is 5.79. The highest BCUT2D eigenvalue weighted by molar-refractivity contribution is 6.06. The third-order valence-electron chi connectivity index (χ3n) is 5.36. The van der Waals surface area contributed by atoms with Gasteiger partial charge in [0.15, 0.2) is 0 Å². The number of amides is 1. The van der Waals surface area contributed by atoms with Crippen LogP contribution in [0.2, 0.25) is 0 Å². The van der Waals surface area contributed by atoms with E-state index in [9.17, 15) is 4.79 Å². The van der Waals surface area contributed by atoms with Gasteiger partial charge >= 0.3 is 0 Å². The van der Waals surface area contributed by atoms with E-state index in [0.717, 1.165) is 46.4 Å². The molecule has 1 amide bonds. The Morgan fingerprint density at radius 3 is 2.68 bits per heavy atom. The second-order valence-electron chi connectivity index (χ2n) is 8.09. The predicted molar refractivity (Wildman–Crippen MR) is 139 cm³/mol. The number of carbonyl (C=O) groups is 1. The van der Waals surface area contributed by atoms with Gasteiger partial charge in [0.2, 0.25) is 0 Å². The summed E-state index contributed by atoms with van der Waals surface area (Å²) < 4.78 is 5.95. The Balaban J connectivity index is 1.45. The third-order valence-corrected chi connectivity index (χ3v) is 5.36. The first kappa shape index (κ1) is 23.0. The number of aromatic nitrogens is 1. The summed E-state index contributed by atoms with van der Waals surface area (Å²) in [5.74, 6) is 0.523. The highest BCUT2D eigenvalue weighted by Gasteiger charge is 2.13. The SMILES string of the molecule is CCCN=Cc1ccc(OCc2ccccc2C(=O)Nc2ccc3nc(C)cc(N)c3c2)cc1. The smallest absolute Gasteiger partial charge is 0.256 e. The monoisotopic (exact) mass is 452 g/mol. The van der Waals surface area contributed by atoms with E-state index in [-0.39, 0.29) is 12.5 Å². The molecule has 34 heavy (non-hydrogen) atoms. The first-order chi connectivity index (χ1) is 16.5. The fourth-order valence-electron chi connectivity index (χ4n) is 3.64. The number of anilines is 2. The number of benzene rings is 3. The Morgan fingerprint density at radius 1 is 1.09 bits per heavy atom. The Morgan fingerprint density at radius 2 is 1.88 bits per heavy atom. The molecule has 0 fully saturated rings. The Kier molecular flexibility index (Phi) is 7.18. The van der Waals surface area contributed by atoms with Crippen molar-refractivity contribution in [2.45, 2.75) is 26.9 Å². The highest BCUT2D eigenvalue weighted by atomic mass is 16.5. The molecule has 3 aromatic carbocycles. The lowest BCUT2D eigenvalue weighted by molar-refractivity contribution is 0.102. The largest absolute Gasteiger partial charge is 0.489 e. The fourth-order valence-corrected chi connectivity index (χ4v) is 3.64. The van der Waals surface area contributed by atoms with Crippen molar-refractivity contribution in [2.24, 2.45) is 4.99 Å². The summed E-state index contributed by atoms with van der Waals surface area (Å²) >= 11 is 0. The van der Waals surface area contributed by atoms with Crippen molar-refractivity contribution in [1.29, 1.82) is 0 Å². The lowest BCUT2D eigenvalue weighted by Crippen LogP contribution is -2.15. The minimum absolute atomic E-state index is 0.209. The van der Waals surface area contributed by atoms with Crippen LogP contribution in [0.3, 0.4) is 0 Å². The summed E-state index contributed by atoms with van der Waals surface area (Å²) in [6, 6.07) is 22.5. The van der Waals surface area contributed by atoms with Crippen LogP contribution < -0.4 is 15.8 Å². The Bertz CT molecular complexity index is 1330. The van der Waals surface area contributed by atoms with Gasteiger partial charge in [-0.3, -0.25) is 14.8 Å². The number of hydrogen-bond acceptors (Lipinski definition) is 5. The van der Waals surface area contributed by atoms with Crippen molar-refractivity contribution in [3.63, 3.8) is 0 Å². The molecule has 0 saturated heterocycles. The molecule has 4 aromatic rings. The van der Waals surface area contributed by atoms with Crippen LogP contribution in [0.4, 0.5) is 11.4 Å². The van der Waals surface area contributed by atoms with Crippen LogP contribution in [0.1, 0.15) is 40.5 Å². The maximum Gasteiger partial charge on any atom is 0.256 e. The van der Waals surface area contributed by atoms with Crippen LogP contribution in [-0.2, 0) is 6.61 Å². The number of nitrogens with zero attached hydrogens (tertiary/aromatic N) is 2. The molecule has 0 spiro atoms. The highest BCUT2D eigenvalue weighted by Crippen LogP contribution is 2.25. The molecule has 0 aliphatic heterocycles. The molecule has 0 bridgehead atoms. The molecule has 172 valence electrons. The molecule has 0 aliphatic rings. The number of carbonyl (C=O) groups excluding carboxylic acids is 1. The number of pyridine rings is 1. The zero-order chi connectivity index (χ0) is 23.9. The molecule has 0 radical (unpaired) electrons. The standard InChI is InChI=1S/C28H28N4O2/c1-3-14-30-17-20-8-11-23(12-9-20)34-18-21-6-4-5-7-24(21)28(33)32-22-10-13-27-25(16-22)26(29)15-19(2)31-27/h4-13,15-17H,3,14,18H2,1-2H3,(H2,29,31)(H,32,33). The normalized spacial score (nSPS) is 11.1. The first-order valence-electron chi connectivity index (χ1n) is 11.3. The number of nitrogens with two attached hydrogens (primary N) is 1. The minimum atomic E-state index is -0.209. The number of rotatable bonds is 8. The van der Waals surface area contributed by atoms with Crippen molar-refractivity contribution in [1.82, 2.24) is 4.98 Å². The lowest BCUT2D eigenvalue weighted by atomic mass is 10.1. The van der Waals surface area contributed by atoms with Crippen LogP contribution in [0.5, 0.6) is 5.75 Å². The van der Waals surface area contributed by atoms with Gasteiger partial charge in [0.05, 0.1) is 5.52 Å². The topological polar surface area (TPSA) is 89.6 Å². The molecule has 0 atom stereocenters. The second kappa shape index (κ2) is 10.6. The number of nitrogen functional groups attached to an aromatic ring is 1. The molecule has 6 nitrogen and oxygen atoms in total. The number of ether oxygens (including phenoxy) is 1. The summed E-state index contributed by atoms with van der Waals surface area (Å²) in [6.45, 7) is 5.10. The van der Waals surface area contributed by atoms with Gasteiger partial charge in [-0.15, -0.1) is 0 Å². The van der Waals surface area contributed by atoms with Crippen molar-refractivity contribution in [2.75, 3.05) is 17.6 Å². The molecular formula is C28H28N4O2. The van der Waals surface area contributed by atoms with E-state index in [1.807, 2.05) is 79.9 Å². The van der Waals surface area contributed by atoms with E-state index in [0.29, 0.717) is 16.9 Å². The quantitative estimate of drug-likeness (QED) is 0.331. The summed E-state index contributed by atoms with van der Waals surface area (Å²) in [5.41, 5.74) is 11.5. The van der Waals surface area contributed by atoms with E-state index in [4.69, 9.17) is 10.5 Å². The van der Waals surface area contributed by atoms with Crippen molar-refractivity contribution in [3.05, 3.63) is 95.2 Å². The second-order valence-corrected chi connectivity index (χ2v) is 8.09. The van der Waals surface area contributed by atoms with Crippen LogP contribution in [0.15, 0.2) is 77.8 Å². The lowest BCUT2D eigenvalue weighted by Gasteiger charge is -2.12. The number of aliphatic imine (C=N–C) groups is 1. The maximum absolute atomic E-state index is 13.1. The maximum atomic E-state index is 13.1. The molecule has 0 saturated carbocycles. The van der Waals surface area contributed by atoms with Crippen molar-refractivity contribution < 1.29 is 9.53 Å². The number of fused-ring (bicyclic) bond motifs is 1. The van der Waals surface area contributed by atoms with E-state index in [1.165, 1.54) is 0 Å². The van der Waals surface area contributed by atoms with Crippen molar-refractivity contribution >= 4 is 34.4 Å². The zero-order valence-electron chi connectivity index (χ0n) is 19.4. The van der Waals surface area contributed by atoms with Gasteiger partial charge in [-0.1, -0.05) is 25.1 Å². The fraction of sp³-hybridized carbons (Fsp3) is 0.179. The summed E-state index contributed by atoms with van der Waals surface area (Å²) in [4.78, 5) is 21.9. The molecule has 6 heteroatoms. The third kappa shape index (κ3) is 5.59. The molecule has 4 rings (SSSR count). The van der Waals surface area contributed by atoms with Gasteiger partial charge in [-0.25, -0.2) is 0 Å². The molecule has 1 heterocycles. The van der Waals surface area contributed by atoms with Gasteiger partial charge in [0.1, 0.15) is 12.4 Å². The summed E-state index contributed by atoms with van der Waals surface area (Å²) in [5, 5.41) is 3.78. The van der Waals surface area contributed by atoms with E-state index >= 15 is 0 Å². The number of nitrogens with one attached hydrogen (secondary N) is 1. The summed E-state index contributed by atoms with van der Waals surface area (Å²) in [6.07, 6.45) is 2.89. The van der Waals surface area contributed by atoms with E-state index in [2.05, 4.69) is 22.2 Å². The van der Waals surface area contributed by atoms with Gasteiger partial charge < -0.3 is 15.8 Å². The number of hydrogen-bond donors (Lipinski definition) is 2. The van der Waals surface area contributed by atoms with Crippen LogP contribution in [-0.4, -0.2) is 23.7 Å². The van der Waals surface area contributed by atoms with Gasteiger partial charge in [0.25, 0.3) is 5.91 Å². The van der Waals surface area contributed by atoms with Crippen LogP contribution in [0, 0.1) is 6.92 Å². The molecule has 1 aromatic heterocycles. The van der Waals surface area contributed by atoms with Crippen LogP contribution >= 0.6 is 0 Å². The number of aryl methyl sites for hydroxylation is 1. The zero-order valence-corrected chi connectivity index (χ0v) is 19.4. The minimum Gasteiger partial charge on any atom is -0.489 e. The van der Waals surface area contributed by atoms with Gasteiger partial charge in [-0.05, 0) is 73.5 Å². The summed E-state index contributed by atoms with van der Waals surface area (Å²) in [7, 11) is 0. The van der Waals surface area contributed by atoms with Gasteiger partial charge in [-0.2, -0.15) is 0 Å². The molecular weight excluding hydrogens is 424 g/mol. The Labute approximate surface area is 199 Å². The van der Waals surface area contributed by atoms with E-state index in [1.54, 1.807) is 6.07 Å². The van der Waals surface area contributed by atoms with Crippen LogP contribution in [0.25, 0.3) is 10.9 Å². The first-order valence-corrected chi connectivity index (χ1v) is 11.3. The average Bonchev–Trinajstić information content (AvgIpc) is 2.84.